The van der Waals surface area contributed by atoms with Gasteiger partial charge in [0.1, 0.15) is 5.76 Å². The molecular formula is C23H24N2O3. The molecule has 5 nitrogen and oxygen atoms in total. The number of benzene rings is 2. The normalized spacial score (nSPS) is 10.5. The Bertz CT molecular complexity index is 1000. The minimum absolute atomic E-state index is 0.0463. The lowest BCUT2D eigenvalue weighted by Crippen LogP contribution is -2.13. The molecule has 0 aliphatic rings. The summed E-state index contributed by atoms with van der Waals surface area (Å²) in [6.45, 7) is 6.05. The fourth-order valence-corrected chi connectivity index (χ4v) is 2.83. The standard InChI is InChI=1S/C23H24N2O3/c1-4-6-22(26)24-18-7-5-8-19(14-18)25-23(27)21-12-11-20(28-21)17-10-9-15(2)16(3)13-17/h5,7-14H,4,6H2,1-3H3,(H,24,26)(H,25,27). The fraction of sp³-hybridized carbons (Fsp3) is 0.217. The second-order valence-corrected chi connectivity index (χ2v) is 6.80. The lowest BCUT2D eigenvalue weighted by atomic mass is 10.1. The van der Waals surface area contributed by atoms with Gasteiger partial charge in [0.05, 0.1) is 0 Å². The zero-order valence-electron chi connectivity index (χ0n) is 16.3. The molecule has 2 aromatic carbocycles. The largest absolute Gasteiger partial charge is 0.451 e. The van der Waals surface area contributed by atoms with Gasteiger partial charge in [-0.3, -0.25) is 9.59 Å². The molecule has 0 saturated carbocycles. The van der Waals surface area contributed by atoms with Gasteiger partial charge in [0.2, 0.25) is 5.91 Å². The quantitative estimate of drug-likeness (QED) is 0.592. The van der Waals surface area contributed by atoms with Crippen LogP contribution in [0, 0.1) is 13.8 Å². The number of hydrogen-bond acceptors (Lipinski definition) is 3. The lowest BCUT2D eigenvalue weighted by Gasteiger charge is -2.08. The monoisotopic (exact) mass is 376 g/mol. The molecule has 28 heavy (non-hydrogen) atoms. The molecule has 2 N–H and O–H groups in total. The van der Waals surface area contributed by atoms with Crippen molar-refractivity contribution in [2.45, 2.75) is 33.6 Å². The Hall–Kier alpha value is -3.34. The summed E-state index contributed by atoms with van der Waals surface area (Å²) in [4.78, 5) is 24.3. The minimum Gasteiger partial charge on any atom is -0.451 e. The highest BCUT2D eigenvalue weighted by Gasteiger charge is 2.13. The van der Waals surface area contributed by atoms with E-state index >= 15 is 0 Å². The number of anilines is 2. The van der Waals surface area contributed by atoms with Crippen molar-refractivity contribution in [3.63, 3.8) is 0 Å². The van der Waals surface area contributed by atoms with Crippen molar-refractivity contribution < 1.29 is 14.0 Å². The van der Waals surface area contributed by atoms with Crippen LogP contribution in [0.3, 0.4) is 0 Å². The summed E-state index contributed by atoms with van der Waals surface area (Å²) in [5, 5.41) is 5.62. The van der Waals surface area contributed by atoms with Crippen LogP contribution in [-0.4, -0.2) is 11.8 Å². The highest BCUT2D eigenvalue weighted by molar-refractivity contribution is 6.03. The summed E-state index contributed by atoms with van der Waals surface area (Å²) in [5.41, 5.74) is 4.54. The zero-order chi connectivity index (χ0) is 20.1. The minimum atomic E-state index is -0.341. The first-order chi connectivity index (χ1) is 13.5. The molecule has 0 aliphatic heterocycles. The second kappa shape index (κ2) is 8.57. The molecule has 5 heteroatoms. The molecule has 0 bridgehead atoms. The molecule has 0 saturated heterocycles. The van der Waals surface area contributed by atoms with Gasteiger partial charge in [-0.05, 0) is 67.8 Å². The summed E-state index contributed by atoms with van der Waals surface area (Å²) in [6, 6.07) is 16.6. The molecule has 0 spiro atoms. The Morgan fingerprint density at radius 1 is 0.893 bits per heavy atom. The van der Waals surface area contributed by atoms with Crippen molar-refractivity contribution in [1.29, 1.82) is 0 Å². The third kappa shape index (κ3) is 4.68. The van der Waals surface area contributed by atoms with E-state index in [4.69, 9.17) is 4.42 Å². The predicted octanol–water partition coefficient (Wildman–Crippen LogP) is 5.55. The van der Waals surface area contributed by atoms with E-state index in [0.717, 1.165) is 12.0 Å². The van der Waals surface area contributed by atoms with Gasteiger partial charge in [-0.25, -0.2) is 0 Å². The average molecular weight is 376 g/mol. The van der Waals surface area contributed by atoms with Crippen LogP contribution in [0.25, 0.3) is 11.3 Å². The van der Waals surface area contributed by atoms with Crippen molar-refractivity contribution in [3.8, 4) is 11.3 Å². The number of furan rings is 1. The van der Waals surface area contributed by atoms with Crippen LogP contribution in [0.4, 0.5) is 11.4 Å². The Labute approximate surface area is 164 Å². The molecule has 2 amide bonds. The van der Waals surface area contributed by atoms with Gasteiger partial charge < -0.3 is 15.1 Å². The summed E-state index contributed by atoms with van der Waals surface area (Å²) in [7, 11) is 0. The van der Waals surface area contributed by atoms with Gasteiger partial charge in [0.15, 0.2) is 5.76 Å². The highest BCUT2D eigenvalue weighted by atomic mass is 16.3. The van der Waals surface area contributed by atoms with E-state index < -0.39 is 0 Å². The molecule has 0 radical (unpaired) electrons. The van der Waals surface area contributed by atoms with E-state index in [1.54, 1.807) is 36.4 Å². The molecule has 1 aromatic heterocycles. The summed E-state index contributed by atoms with van der Waals surface area (Å²) in [6.07, 6.45) is 1.24. The number of amides is 2. The van der Waals surface area contributed by atoms with Crippen LogP contribution < -0.4 is 10.6 Å². The van der Waals surface area contributed by atoms with Crippen LogP contribution in [0.5, 0.6) is 0 Å². The number of hydrogen-bond donors (Lipinski definition) is 2. The Balaban J connectivity index is 1.71. The average Bonchev–Trinajstić information content (AvgIpc) is 3.15. The van der Waals surface area contributed by atoms with Gasteiger partial charge in [-0.1, -0.05) is 25.1 Å². The Morgan fingerprint density at radius 2 is 1.64 bits per heavy atom. The number of nitrogens with one attached hydrogen (secondary N) is 2. The van der Waals surface area contributed by atoms with Crippen molar-refractivity contribution in [1.82, 2.24) is 0 Å². The second-order valence-electron chi connectivity index (χ2n) is 6.80. The van der Waals surface area contributed by atoms with Gasteiger partial charge in [-0.15, -0.1) is 0 Å². The first kappa shape index (κ1) is 19.4. The Kier molecular flexibility index (Phi) is 5.94. The molecule has 0 fully saturated rings. The Morgan fingerprint density at radius 3 is 2.36 bits per heavy atom. The van der Waals surface area contributed by atoms with Crippen LogP contribution in [0.1, 0.15) is 41.4 Å². The van der Waals surface area contributed by atoms with E-state index in [1.165, 1.54) is 11.1 Å². The van der Waals surface area contributed by atoms with Gasteiger partial charge in [-0.2, -0.15) is 0 Å². The number of aryl methyl sites for hydroxylation is 2. The van der Waals surface area contributed by atoms with Crippen LogP contribution in [0.15, 0.2) is 59.0 Å². The van der Waals surface area contributed by atoms with Crippen molar-refractivity contribution >= 4 is 23.2 Å². The topological polar surface area (TPSA) is 71.3 Å². The molecule has 144 valence electrons. The van der Waals surface area contributed by atoms with Crippen molar-refractivity contribution in [2.75, 3.05) is 10.6 Å². The first-order valence-electron chi connectivity index (χ1n) is 9.35. The fourth-order valence-electron chi connectivity index (χ4n) is 2.83. The molecule has 3 rings (SSSR count). The molecule has 3 aromatic rings. The van der Waals surface area contributed by atoms with Gasteiger partial charge in [0.25, 0.3) is 5.91 Å². The molecule has 0 aliphatic carbocycles. The third-order valence-corrected chi connectivity index (χ3v) is 4.50. The number of carbonyl (C=O) groups excluding carboxylic acids is 2. The third-order valence-electron chi connectivity index (χ3n) is 4.50. The van der Waals surface area contributed by atoms with Crippen LogP contribution in [-0.2, 0) is 4.79 Å². The maximum Gasteiger partial charge on any atom is 0.291 e. The van der Waals surface area contributed by atoms with Gasteiger partial charge >= 0.3 is 0 Å². The zero-order valence-corrected chi connectivity index (χ0v) is 16.3. The maximum absolute atomic E-state index is 12.5. The van der Waals surface area contributed by atoms with Gasteiger partial charge in [0, 0.05) is 23.4 Å². The molecule has 1 heterocycles. The summed E-state index contributed by atoms with van der Waals surface area (Å²) >= 11 is 0. The predicted molar refractivity (Wildman–Crippen MR) is 112 cm³/mol. The SMILES string of the molecule is CCCC(=O)Nc1cccc(NC(=O)c2ccc(-c3ccc(C)c(C)c3)o2)c1. The molecular weight excluding hydrogens is 352 g/mol. The van der Waals surface area contributed by atoms with Crippen molar-refractivity contribution in [2.24, 2.45) is 0 Å². The maximum atomic E-state index is 12.5. The number of carbonyl (C=O) groups is 2. The smallest absolute Gasteiger partial charge is 0.291 e. The summed E-state index contributed by atoms with van der Waals surface area (Å²) < 4.78 is 5.74. The van der Waals surface area contributed by atoms with Crippen molar-refractivity contribution in [3.05, 3.63) is 71.5 Å². The lowest BCUT2D eigenvalue weighted by molar-refractivity contribution is -0.116. The van der Waals surface area contributed by atoms with E-state index in [2.05, 4.69) is 17.6 Å². The van der Waals surface area contributed by atoms with E-state index in [1.807, 2.05) is 32.0 Å². The molecule has 0 atom stereocenters. The number of rotatable bonds is 6. The van der Waals surface area contributed by atoms with Crippen LogP contribution in [0.2, 0.25) is 0 Å². The van der Waals surface area contributed by atoms with E-state index in [-0.39, 0.29) is 17.6 Å². The van der Waals surface area contributed by atoms with E-state index in [0.29, 0.717) is 23.6 Å². The van der Waals surface area contributed by atoms with E-state index in [9.17, 15) is 9.59 Å². The van der Waals surface area contributed by atoms with Crippen LogP contribution >= 0.6 is 0 Å². The first-order valence-corrected chi connectivity index (χ1v) is 9.35. The molecule has 0 unspecified atom stereocenters. The highest BCUT2D eigenvalue weighted by Crippen LogP contribution is 2.25. The summed E-state index contributed by atoms with van der Waals surface area (Å²) in [5.74, 6) is 0.490.